The average molecular weight is 278 g/mol. The lowest BCUT2D eigenvalue weighted by atomic mass is 10.1. The molecule has 104 valence electrons. The second-order valence-electron chi connectivity index (χ2n) is 4.69. The molecule has 2 heterocycles. The number of aryl methyl sites for hydroxylation is 1. The van der Waals surface area contributed by atoms with E-state index in [1.807, 2.05) is 31.3 Å². The molecule has 0 radical (unpaired) electrons. The summed E-state index contributed by atoms with van der Waals surface area (Å²) in [5, 5.41) is 17.7. The number of fused-ring (bicyclic) bond motifs is 1. The highest BCUT2D eigenvalue weighted by Gasteiger charge is 2.08. The van der Waals surface area contributed by atoms with Crippen molar-refractivity contribution in [2.45, 2.75) is 6.42 Å². The number of rotatable bonds is 4. The van der Waals surface area contributed by atoms with Gasteiger partial charge in [0.05, 0.1) is 16.8 Å². The Kier molecular flexibility index (Phi) is 3.48. The van der Waals surface area contributed by atoms with Gasteiger partial charge in [0.2, 0.25) is 0 Å². The predicted octanol–water partition coefficient (Wildman–Crippen LogP) is 1.89. The van der Waals surface area contributed by atoms with Crippen LogP contribution >= 0.6 is 0 Å². The summed E-state index contributed by atoms with van der Waals surface area (Å²) < 4.78 is 1.68. The van der Waals surface area contributed by atoms with E-state index in [1.165, 1.54) is 0 Å². The van der Waals surface area contributed by atoms with E-state index >= 15 is 0 Å². The molecule has 3 rings (SSSR count). The van der Waals surface area contributed by atoms with Crippen molar-refractivity contribution in [1.82, 2.24) is 19.7 Å². The Balaban J connectivity index is 1.84. The number of aromatic nitrogens is 4. The maximum absolute atomic E-state index is 9.24. The first-order chi connectivity index (χ1) is 10.3. The molecule has 0 spiro atoms. The molecule has 0 amide bonds. The average Bonchev–Trinajstić information content (AvgIpc) is 2.93. The van der Waals surface area contributed by atoms with E-state index in [-0.39, 0.29) is 0 Å². The van der Waals surface area contributed by atoms with E-state index in [4.69, 9.17) is 0 Å². The van der Waals surface area contributed by atoms with Crippen molar-refractivity contribution in [2.75, 3.05) is 11.9 Å². The summed E-state index contributed by atoms with van der Waals surface area (Å²) in [4.78, 5) is 8.48. The van der Waals surface area contributed by atoms with E-state index in [1.54, 1.807) is 17.2 Å². The van der Waals surface area contributed by atoms with Crippen LogP contribution in [0, 0.1) is 11.3 Å². The van der Waals surface area contributed by atoms with Gasteiger partial charge >= 0.3 is 0 Å². The Morgan fingerprint density at radius 2 is 2.14 bits per heavy atom. The van der Waals surface area contributed by atoms with Crippen LogP contribution in [0.3, 0.4) is 0 Å². The van der Waals surface area contributed by atoms with Gasteiger partial charge in [0.25, 0.3) is 0 Å². The fourth-order valence-electron chi connectivity index (χ4n) is 2.21. The standard InChI is InChI=1S/C15H14N6/c1-21-10-19-14(20-21)6-7-17-15-11(8-16)9-18-13-5-3-2-4-12(13)15/h2-5,9-10H,6-7H2,1H3,(H,17,18). The minimum absolute atomic E-state index is 0.544. The van der Waals surface area contributed by atoms with Crippen molar-refractivity contribution in [3.63, 3.8) is 0 Å². The van der Waals surface area contributed by atoms with Gasteiger partial charge in [0, 0.05) is 31.6 Å². The van der Waals surface area contributed by atoms with Crippen LogP contribution in [0.5, 0.6) is 0 Å². The largest absolute Gasteiger partial charge is 0.383 e. The number of anilines is 1. The van der Waals surface area contributed by atoms with Gasteiger partial charge in [-0.05, 0) is 6.07 Å². The van der Waals surface area contributed by atoms with Crippen molar-refractivity contribution < 1.29 is 0 Å². The molecular formula is C15H14N6. The molecule has 0 saturated carbocycles. The van der Waals surface area contributed by atoms with Crippen LogP contribution in [0.25, 0.3) is 10.9 Å². The number of hydrogen-bond donors (Lipinski definition) is 1. The SMILES string of the molecule is Cn1cnc(CCNc2c(C#N)cnc3ccccc23)n1. The Hall–Kier alpha value is -2.94. The fraction of sp³-hybridized carbons (Fsp3) is 0.200. The number of pyridine rings is 1. The van der Waals surface area contributed by atoms with Crippen LogP contribution in [-0.2, 0) is 13.5 Å². The topological polar surface area (TPSA) is 79.4 Å². The molecule has 0 unspecified atom stereocenters. The van der Waals surface area contributed by atoms with Crippen LogP contribution in [-0.4, -0.2) is 26.3 Å². The summed E-state index contributed by atoms with van der Waals surface area (Å²) in [6.45, 7) is 0.659. The van der Waals surface area contributed by atoms with Crippen LogP contribution in [0.1, 0.15) is 11.4 Å². The molecule has 0 aliphatic heterocycles. The lowest BCUT2D eigenvalue weighted by Gasteiger charge is -2.10. The van der Waals surface area contributed by atoms with Crippen molar-refractivity contribution in [1.29, 1.82) is 5.26 Å². The number of nitrogens with zero attached hydrogens (tertiary/aromatic N) is 5. The van der Waals surface area contributed by atoms with Gasteiger partial charge in [-0.3, -0.25) is 9.67 Å². The molecule has 3 aromatic rings. The van der Waals surface area contributed by atoms with Gasteiger partial charge in [0.15, 0.2) is 5.82 Å². The first-order valence-electron chi connectivity index (χ1n) is 6.64. The number of para-hydroxylation sites is 1. The molecule has 0 fully saturated rings. The van der Waals surface area contributed by atoms with Gasteiger partial charge in [-0.15, -0.1) is 0 Å². The highest BCUT2D eigenvalue weighted by Crippen LogP contribution is 2.25. The number of nitriles is 1. The smallest absolute Gasteiger partial charge is 0.152 e. The normalized spacial score (nSPS) is 10.5. The third kappa shape index (κ3) is 2.67. The van der Waals surface area contributed by atoms with Crippen molar-refractivity contribution in [3.05, 3.63) is 48.2 Å². The van der Waals surface area contributed by atoms with E-state index in [0.29, 0.717) is 18.5 Å². The van der Waals surface area contributed by atoms with Crippen molar-refractivity contribution in [2.24, 2.45) is 7.05 Å². The fourth-order valence-corrected chi connectivity index (χ4v) is 2.21. The predicted molar refractivity (Wildman–Crippen MR) is 79.7 cm³/mol. The van der Waals surface area contributed by atoms with E-state index in [2.05, 4.69) is 26.5 Å². The summed E-state index contributed by atoms with van der Waals surface area (Å²) in [6, 6.07) is 9.95. The van der Waals surface area contributed by atoms with Crippen LogP contribution < -0.4 is 5.32 Å². The molecule has 1 N–H and O–H groups in total. The Morgan fingerprint density at radius 3 is 2.90 bits per heavy atom. The summed E-state index contributed by atoms with van der Waals surface area (Å²) in [7, 11) is 1.84. The van der Waals surface area contributed by atoms with E-state index in [9.17, 15) is 5.26 Å². The quantitative estimate of drug-likeness (QED) is 0.788. The highest BCUT2D eigenvalue weighted by molar-refractivity contribution is 5.93. The molecular weight excluding hydrogens is 264 g/mol. The molecule has 0 aliphatic carbocycles. The second kappa shape index (κ2) is 5.59. The van der Waals surface area contributed by atoms with Crippen molar-refractivity contribution >= 4 is 16.6 Å². The zero-order chi connectivity index (χ0) is 14.7. The molecule has 2 aromatic heterocycles. The van der Waals surface area contributed by atoms with Gasteiger partial charge < -0.3 is 5.32 Å². The molecule has 6 heteroatoms. The summed E-state index contributed by atoms with van der Waals surface area (Å²) in [6.07, 6.45) is 3.98. The first-order valence-corrected chi connectivity index (χ1v) is 6.64. The zero-order valence-electron chi connectivity index (χ0n) is 11.6. The van der Waals surface area contributed by atoms with Crippen LogP contribution in [0.4, 0.5) is 5.69 Å². The van der Waals surface area contributed by atoms with Gasteiger partial charge in [-0.1, -0.05) is 18.2 Å². The summed E-state index contributed by atoms with van der Waals surface area (Å²) in [5.74, 6) is 0.780. The molecule has 6 nitrogen and oxygen atoms in total. The third-order valence-electron chi connectivity index (χ3n) is 3.19. The number of nitrogens with one attached hydrogen (secondary N) is 1. The molecule has 0 aliphatic rings. The third-order valence-corrected chi connectivity index (χ3v) is 3.19. The van der Waals surface area contributed by atoms with Crippen LogP contribution in [0.2, 0.25) is 0 Å². The van der Waals surface area contributed by atoms with Gasteiger partial charge in [0.1, 0.15) is 12.4 Å². The second-order valence-corrected chi connectivity index (χ2v) is 4.69. The zero-order valence-corrected chi connectivity index (χ0v) is 11.6. The van der Waals surface area contributed by atoms with Gasteiger partial charge in [-0.25, -0.2) is 4.98 Å². The Labute approximate surface area is 122 Å². The lowest BCUT2D eigenvalue weighted by Crippen LogP contribution is -2.08. The lowest BCUT2D eigenvalue weighted by molar-refractivity contribution is 0.742. The first kappa shape index (κ1) is 13.1. The summed E-state index contributed by atoms with van der Waals surface area (Å²) in [5.41, 5.74) is 2.23. The highest BCUT2D eigenvalue weighted by atomic mass is 15.3. The molecule has 21 heavy (non-hydrogen) atoms. The molecule has 0 atom stereocenters. The maximum atomic E-state index is 9.24. The maximum Gasteiger partial charge on any atom is 0.152 e. The summed E-state index contributed by atoms with van der Waals surface area (Å²) >= 11 is 0. The minimum atomic E-state index is 0.544. The monoisotopic (exact) mass is 278 g/mol. The van der Waals surface area contributed by atoms with Crippen LogP contribution in [0.15, 0.2) is 36.8 Å². The minimum Gasteiger partial charge on any atom is -0.383 e. The van der Waals surface area contributed by atoms with Gasteiger partial charge in [-0.2, -0.15) is 10.4 Å². The molecule has 0 bridgehead atoms. The number of hydrogen-bond acceptors (Lipinski definition) is 5. The van der Waals surface area contributed by atoms with E-state index < -0.39 is 0 Å². The van der Waals surface area contributed by atoms with E-state index in [0.717, 1.165) is 22.4 Å². The Bertz CT molecular complexity index is 814. The Morgan fingerprint density at radius 1 is 1.29 bits per heavy atom. The number of benzene rings is 1. The molecule has 1 aromatic carbocycles. The van der Waals surface area contributed by atoms with Crippen molar-refractivity contribution in [3.8, 4) is 6.07 Å². The molecule has 0 saturated heterocycles.